The minimum atomic E-state index is -0.334. The summed E-state index contributed by atoms with van der Waals surface area (Å²) in [5.74, 6) is 1.12. The van der Waals surface area contributed by atoms with Crippen LogP contribution in [0.5, 0.6) is 17.2 Å². The molecule has 7 N–H and O–H groups in total. The molecule has 0 bridgehead atoms. The van der Waals surface area contributed by atoms with E-state index in [9.17, 15) is 15.3 Å². The topological polar surface area (TPSA) is 113 Å². The van der Waals surface area contributed by atoms with Crippen molar-refractivity contribution in [1.29, 1.82) is 0 Å². The molecule has 2 saturated carbocycles. The lowest BCUT2D eigenvalue weighted by Gasteiger charge is -2.30. The molecule has 2 fully saturated rings. The SMILES string of the molecule is NCc1cc(O)c(C2CCCCC2)cc1C(c1ccccc1O)c1cc(C2CCCCC2)c(O)cc1CN. The lowest BCUT2D eigenvalue weighted by molar-refractivity contribution is 0.413. The second-order valence-electron chi connectivity index (χ2n) is 11.3. The third kappa shape index (κ3) is 5.27. The number of benzene rings is 3. The zero-order valence-electron chi connectivity index (χ0n) is 22.3. The molecule has 38 heavy (non-hydrogen) atoms. The average Bonchev–Trinajstić information content (AvgIpc) is 2.96. The number of phenols is 3. The van der Waals surface area contributed by atoms with Gasteiger partial charge in [-0.1, -0.05) is 68.9 Å². The van der Waals surface area contributed by atoms with E-state index in [1.165, 1.54) is 38.5 Å². The third-order valence-corrected chi connectivity index (χ3v) is 8.98. The Morgan fingerprint density at radius 1 is 0.579 bits per heavy atom. The van der Waals surface area contributed by atoms with Crippen LogP contribution in [0.4, 0.5) is 0 Å². The van der Waals surface area contributed by atoms with E-state index < -0.39 is 0 Å². The van der Waals surface area contributed by atoms with Gasteiger partial charge >= 0.3 is 0 Å². The van der Waals surface area contributed by atoms with Crippen LogP contribution in [0.3, 0.4) is 0 Å². The number of aromatic hydroxyl groups is 3. The molecule has 5 heteroatoms. The van der Waals surface area contributed by atoms with Gasteiger partial charge in [-0.3, -0.25) is 0 Å². The Balaban J connectivity index is 1.74. The van der Waals surface area contributed by atoms with Gasteiger partial charge in [-0.15, -0.1) is 0 Å². The largest absolute Gasteiger partial charge is 0.508 e. The minimum absolute atomic E-state index is 0.211. The molecular formula is C33H42N2O3. The van der Waals surface area contributed by atoms with Crippen LogP contribution in [0.15, 0.2) is 48.5 Å². The number of para-hydroxylation sites is 1. The molecule has 0 heterocycles. The Kier molecular flexibility index (Phi) is 8.25. The minimum Gasteiger partial charge on any atom is -0.508 e. The van der Waals surface area contributed by atoms with E-state index >= 15 is 0 Å². The van der Waals surface area contributed by atoms with Gasteiger partial charge in [0.15, 0.2) is 0 Å². The van der Waals surface area contributed by atoms with Gasteiger partial charge in [0.05, 0.1) is 0 Å². The fraction of sp³-hybridized carbons (Fsp3) is 0.455. The van der Waals surface area contributed by atoms with Gasteiger partial charge in [-0.05, 0) is 89.1 Å². The van der Waals surface area contributed by atoms with Crippen molar-refractivity contribution in [2.45, 2.75) is 95.1 Å². The van der Waals surface area contributed by atoms with Crippen LogP contribution in [-0.2, 0) is 13.1 Å². The van der Waals surface area contributed by atoms with Crippen LogP contribution in [0.2, 0.25) is 0 Å². The van der Waals surface area contributed by atoms with Crippen LogP contribution in [0.1, 0.15) is 121 Å². The van der Waals surface area contributed by atoms with Crippen molar-refractivity contribution >= 4 is 0 Å². The number of hydrogen-bond donors (Lipinski definition) is 5. The highest BCUT2D eigenvalue weighted by molar-refractivity contribution is 5.58. The first-order chi connectivity index (χ1) is 18.5. The van der Waals surface area contributed by atoms with Gasteiger partial charge in [0.25, 0.3) is 0 Å². The molecule has 0 amide bonds. The zero-order chi connectivity index (χ0) is 26.6. The Morgan fingerprint density at radius 2 is 1.03 bits per heavy atom. The van der Waals surface area contributed by atoms with Gasteiger partial charge in [-0.2, -0.15) is 0 Å². The third-order valence-electron chi connectivity index (χ3n) is 8.98. The summed E-state index contributed by atoms with van der Waals surface area (Å²) in [6, 6.07) is 15.4. The first-order valence-electron chi connectivity index (χ1n) is 14.4. The molecule has 0 aliphatic heterocycles. The van der Waals surface area contributed by atoms with Crippen LogP contribution in [0, 0.1) is 0 Å². The van der Waals surface area contributed by atoms with Gasteiger partial charge in [-0.25, -0.2) is 0 Å². The molecular weight excluding hydrogens is 472 g/mol. The van der Waals surface area contributed by atoms with Crippen molar-refractivity contribution in [3.05, 3.63) is 87.5 Å². The van der Waals surface area contributed by atoms with Crippen molar-refractivity contribution in [3.8, 4) is 17.2 Å². The summed E-state index contributed by atoms with van der Waals surface area (Å²) in [6.45, 7) is 0.535. The van der Waals surface area contributed by atoms with Crippen LogP contribution in [0.25, 0.3) is 0 Å². The van der Waals surface area contributed by atoms with E-state index in [1.54, 1.807) is 6.07 Å². The van der Waals surface area contributed by atoms with Crippen LogP contribution < -0.4 is 11.5 Å². The number of phenolic OH excluding ortho intramolecular Hbond substituents is 3. The first-order valence-corrected chi connectivity index (χ1v) is 14.4. The fourth-order valence-corrected chi connectivity index (χ4v) is 6.94. The highest BCUT2D eigenvalue weighted by Crippen LogP contribution is 2.47. The highest BCUT2D eigenvalue weighted by Gasteiger charge is 2.30. The summed E-state index contributed by atoms with van der Waals surface area (Å²) in [5.41, 5.74) is 19.0. The normalized spacial score (nSPS) is 17.2. The van der Waals surface area contributed by atoms with Gasteiger partial charge in [0.2, 0.25) is 0 Å². The molecule has 5 rings (SSSR count). The molecule has 202 valence electrons. The Bertz CT molecular complexity index is 1180. The molecule has 3 aromatic rings. The fourth-order valence-electron chi connectivity index (χ4n) is 6.94. The Labute approximate surface area is 226 Å². The van der Waals surface area contributed by atoms with Crippen molar-refractivity contribution in [2.24, 2.45) is 11.5 Å². The molecule has 0 spiro atoms. The maximum atomic E-state index is 11.1. The summed E-state index contributed by atoms with van der Waals surface area (Å²) >= 11 is 0. The maximum absolute atomic E-state index is 11.1. The standard InChI is InChI=1S/C33H42N2O3/c34-19-23-15-31(37)26(21-9-3-1-4-10-21)17-28(23)33(25-13-7-8-14-30(25)36)29-18-27(22-11-5-2-6-12-22)32(38)16-24(29)20-35/h7-8,13-18,21-22,33,36-38H,1-6,9-12,19-20,34-35H2. The van der Waals surface area contributed by atoms with Crippen molar-refractivity contribution < 1.29 is 15.3 Å². The predicted molar refractivity (Wildman–Crippen MR) is 153 cm³/mol. The van der Waals surface area contributed by atoms with E-state index in [0.29, 0.717) is 23.3 Å². The maximum Gasteiger partial charge on any atom is 0.119 e. The highest BCUT2D eigenvalue weighted by atomic mass is 16.3. The number of hydrogen-bond acceptors (Lipinski definition) is 5. The summed E-state index contributed by atoms with van der Waals surface area (Å²) in [7, 11) is 0. The van der Waals surface area contributed by atoms with E-state index in [-0.39, 0.29) is 24.8 Å². The summed E-state index contributed by atoms with van der Waals surface area (Å²) < 4.78 is 0. The van der Waals surface area contributed by atoms with E-state index in [2.05, 4.69) is 12.1 Å². The van der Waals surface area contributed by atoms with Gasteiger partial charge < -0.3 is 26.8 Å². The van der Waals surface area contributed by atoms with Crippen molar-refractivity contribution in [2.75, 3.05) is 0 Å². The lowest BCUT2D eigenvalue weighted by Crippen LogP contribution is -2.16. The Hall–Kier alpha value is -3.02. The monoisotopic (exact) mass is 514 g/mol. The second-order valence-corrected chi connectivity index (χ2v) is 11.3. The lowest BCUT2D eigenvalue weighted by atomic mass is 9.75. The smallest absolute Gasteiger partial charge is 0.119 e. The molecule has 5 nitrogen and oxygen atoms in total. The van der Waals surface area contributed by atoms with E-state index in [4.69, 9.17) is 11.5 Å². The summed E-state index contributed by atoms with van der Waals surface area (Å²) in [6.07, 6.45) is 11.4. The Morgan fingerprint density at radius 3 is 1.45 bits per heavy atom. The first kappa shape index (κ1) is 26.6. The van der Waals surface area contributed by atoms with Crippen molar-refractivity contribution in [3.63, 3.8) is 0 Å². The molecule has 0 unspecified atom stereocenters. The number of rotatable bonds is 7. The zero-order valence-corrected chi connectivity index (χ0v) is 22.3. The molecule has 2 aliphatic rings. The molecule has 3 aromatic carbocycles. The van der Waals surface area contributed by atoms with Crippen molar-refractivity contribution in [1.82, 2.24) is 0 Å². The van der Waals surface area contributed by atoms with Crippen LogP contribution >= 0.6 is 0 Å². The van der Waals surface area contributed by atoms with Gasteiger partial charge in [0, 0.05) is 24.6 Å². The summed E-state index contributed by atoms with van der Waals surface area (Å²) in [4.78, 5) is 0. The summed E-state index contributed by atoms with van der Waals surface area (Å²) in [5, 5.41) is 33.3. The van der Waals surface area contributed by atoms with E-state index in [0.717, 1.165) is 64.6 Å². The predicted octanol–water partition coefficient (Wildman–Crippen LogP) is 7.00. The van der Waals surface area contributed by atoms with Crippen LogP contribution in [-0.4, -0.2) is 15.3 Å². The molecule has 0 saturated heterocycles. The molecule has 2 aliphatic carbocycles. The quantitative estimate of drug-likeness (QED) is 0.218. The second kappa shape index (κ2) is 11.8. The molecule has 0 atom stereocenters. The number of nitrogens with two attached hydrogens (primary N) is 2. The molecule has 0 radical (unpaired) electrons. The molecule has 0 aromatic heterocycles. The van der Waals surface area contributed by atoms with Gasteiger partial charge in [0.1, 0.15) is 17.2 Å². The van der Waals surface area contributed by atoms with E-state index in [1.807, 2.05) is 30.3 Å². The average molecular weight is 515 g/mol.